The minimum absolute atomic E-state index is 0.511. The second-order valence-corrected chi connectivity index (χ2v) is 6.97. The van der Waals surface area contributed by atoms with Gasteiger partial charge >= 0.3 is 0 Å². The van der Waals surface area contributed by atoms with Crippen molar-refractivity contribution in [2.75, 3.05) is 45.3 Å². The zero-order chi connectivity index (χ0) is 20.1. The van der Waals surface area contributed by atoms with Gasteiger partial charge in [-0.25, -0.2) is 15.5 Å². The van der Waals surface area contributed by atoms with Gasteiger partial charge in [-0.2, -0.15) is 0 Å². The fourth-order valence-corrected chi connectivity index (χ4v) is 3.19. The fourth-order valence-electron chi connectivity index (χ4n) is 3.19. The van der Waals surface area contributed by atoms with Crippen molar-refractivity contribution in [3.05, 3.63) is 47.2 Å². The molecule has 0 atom stereocenters. The standard InChI is InChI=1S/C21H29N5O2/c1-15-6-8-18(9-7-15)25-10-12-26(13-11-25)21(24-28-5)23-19-14-16(2)17(3)22-20(19)27-4/h6-9,14H,10-13H2,1-5H3,(H,23,24). The summed E-state index contributed by atoms with van der Waals surface area (Å²) in [6, 6.07) is 10.7. The zero-order valence-corrected chi connectivity index (χ0v) is 17.3. The molecule has 28 heavy (non-hydrogen) atoms. The number of hydrogen-bond donors (Lipinski definition) is 1. The summed E-state index contributed by atoms with van der Waals surface area (Å²) in [6.07, 6.45) is 0. The van der Waals surface area contributed by atoms with E-state index in [2.05, 4.69) is 51.5 Å². The lowest BCUT2D eigenvalue weighted by molar-refractivity contribution is 0.129. The van der Waals surface area contributed by atoms with Gasteiger partial charge in [0.05, 0.1) is 14.2 Å². The van der Waals surface area contributed by atoms with Gasteiger partial charge < -0.3 is 14.5 Å². The highest BCUT2D eigenvalue weighted by Crippen LogP contribution is 2.28. The van der Waals surface area contributed by atoms with Crippen LogP contribution < -0.4 is 15.1 Å². The number of pyridine rings is 1. The first-order chi connectivity index (χ1) is 13.5. The predicted octanol–water partition coefficient (Wildman–Crippen LogP) is 2.98. The number of nitrogens with one attached hydrogen (secondary N) is 1. The number of ether oxygens (including phenoxy) is 1. The zero-order valence-electron chi connectivity index (χ0n) is 17.3. The Balaban J connectivity index is 1.77. The van der Waals surface area contributed by atoms with E-state index in [1.54, 1.807) is 14.2 Å². The number of guanidine groups is 1. The lowest BCUT2D eigenvalue weighted by Gasteiger charge is -2.37. The van der Waals surface area contributed by atoms with Crippen LogP contribution in [0.5, 0.6) is 5.88 Å². The van der Waals surface area contributed by atoms with Gasteiger partial charge in [0.1, 0.15) is 5.69 Å². The van der Waals surface area contributed by atoms with Crippen molar-refractivity contribution >= 4 is 17.3 Å². The summed E-state index contributed by atoms with van der Waals surface area (Å²) in [5.41, 5.74) is 8.14. The molecule has 7 nitrogen and oxygen atoms in total. The number of aryl methyl sites for hydroxylation is 3. The van der Waals surface area contributed by atoms with Crippen molar-refractivity contribution in [1.82, 2.24) is 15.4 Å². The highest BCUT2D eigenvalue weighted by Gasteiger charge is 2.21. The van der Waals surface area contributed by atoms with Crippen LogP contribution in [-0.2, 0) is 4.84 Å². The van der Waals surface area contributed by atoms with Crippen molar-refractivity contribution in [2.45, 2.75) is 20.8 Å². The Morgan fingerprint density at radius 3 is 2.32 bits per heavy atom. The van der Waals surface area contributed by atoms with Gasteiger partial charge in [0, 0.05) is 37.6 Å². The minimum Gasteiger partial charge on any atom is -0.479 e. The van der Waals surface area contributed by atoms with Crippen LogP contribution in [0.2, 0.25) is 0 Å². The third-order valence-corrected chi connectivity index (χ3v) is 5.00. The average molecular weight is 383 g/mol. The molecule has 7 heteroatoms. The molecule has 0 spiro atoms. The van der Waals surface area contributed by atoms with Crippen molar-refractivity contribution in [1.29, 1.82) is 0 Å². The van der Waals surface area contributed by atoms with Crippen molar-refractivity contribution < 1.29 is 9.57 Å². The number of hydroxylamine groups is 1. The number of aliphatic imine (C=N–C) groups is 1. The number of methoxy groups -OCH3 is 1. The van der Waals surface area contributed by atoms with Gasteiger partial charge in [-0.15, -0.1) is 0 Å². The Bertz CT molecular complexity index is 827. The highest BCUT2D eigenvalue weighted by atomic mass is 16.6. The molecule has 1 aromatic carbocycles. The molecule has 1 fully saturated rings. The van der Waals surface area contributed by atoms with Crippen LogP contribution in [0.3, 0.4) is 0 Å². The quantitative estimate of drug-likeness (QED) is 0.498. The number of piperazine rings is 1. The van der Waals surface area contributed by atoms with E-state index < -0.39 is 0 Å². The number of anilines is 1. The first kappa shape index (κ1) is 19.9. The molecule has 3 rings (SSSR count). The molecule has 1 aliphatic rings. The van der Waals surface area contributed by atoms with Gasteiger partial charge in [0.2, 0.25) is 11.8 Å². The van der Waals surface area contributed by atoms with E-state index in [0.717, 1.165) is 37.4 Å². The summed E-state index contributed by atoms with van der Waals surface area (Å²) in [6.45, 7) is 9.59. The molecule has 2 aromatic rings. The molecule has 1 aliphatic heterocycles. The molecule has 0 unspecified atom stereocenters. The normalized spacial score (nSPS) is 15.0. The predicted molar refractivity (Wildman–Crippen MR) is 112 cm³/mol. The van der Waals surface area contributed by atoms with E-state index in [-0.39, 0.29) is 0 Å². The van der Waals surface area contributed by atoms with E-state index in [1.807, 2.05) is 19.9 Å². The summed E-state index contributed by atoms with van der Waals surface area (Å²) in [7, 11) is 3.20. The number of rotatable bonds is 4. The van der Waals surface area contributed by atoms with Gasteiger partial charge in [0.15, 0.2) is 0 Å². The van der Waals surface area contributed by atoms with E-state index in [0.29, 0.717) is 17.5 Å². The van der Waals surface area contributed by atoms with E-state index in [9.17, 15) is 0 Å². The smallest absolute Gasteiger partial charge is 0.240 e. The topological polar surface area (TPSA) is 62.2 Å². The third-order valence-electron chi connectivity index (χ3n) is 5.00. The van der Waals surface area contributed by atoms with E-state index in [4.69, 9.17) is 14.6 Å². The molecule has 150 valence electrons. The Morgan fingerprint density at radius 2 is 1.71 bits per heavy atom. The second kappa shape index (κ2) is 8.93. The molecule has 1 saturated heterocycles. The van der Waals surface area contributed by atoms with Crippen molar-refractivity contribution in [3.63, 3.8) is 0 Å². The second-order valence-electron chi connectivity index (χ2n) is 6.97. The fraction of sp³-hybridized carbons (Fsp3) is 0.429. The molecule has 0 aliphatic carbocycles. The minimum atomic E-state index is 0.511. The Kier molecular flexibility index (Phi) is 6.36. The highest BCUT2D eigenvalue weighted by molar-refractivity contribution is 5.83. The molecule has 0 amide bonds. The van der Waals surface area contributed by atoms with Crippen LogP contribution in [0.25, 0.3) is 0 Å². The molecule has 1 aromatic heterocycles. The Morgan fingerprint density at radius 1 is 1.04 bits per heavy atom. The number of nitrogens with zero attached hydrogens (tertiary/aromatic N) is 4. The molecule has 0 radical (unpaired) electrons. The third kappa shape index (κ3) is 4.54. The van der Waals surface area contributed by atoms with Gasteiger partial charge in [-0.1, -0.05) is 17.7 Å². The Hall–Kier alpha value is -2.80. The maximum absolute atomic E-state index is 5.42. The average Bonchev–Trinajstić information content (AvgIpc) is 2.71. The largest absolute Gasteiger partial charge is 0.479 e. The van der Waals surface area contributed by atoms with E-state index in [1.165, 1.54) is 11.3 Å². The monoisotopic (exact) mass is 383 g/mol. The summed E-state index contributed by atoms with van der Waals surface area (Å²) in [5, 5.41) is 0. The number of hydrogen-bond acceptors (Lipinski definition) is 5. The Labute approximate surface area is 166 Å². The molecular formula is C21H29N5O2. The number of benzene rings is 1. The van der Waals surface area contributed by atoms with Crippen LogP contribution in [0, 0.1) is 20.8 Å². The molecule has 0 saturated carbocycles. The molecule has 0 bridgehead atoms. The lowest BCUT2D eigenvalue weighted by atomic mass is 10.2. The molecular weight excluding hydrogens is 354 g/mol. The van der Waals surface area contributed by atoms with Gasteiger partial charge in [-0.3, -0.25) is 4.84 Å². The lowest BCUT2D eigenvalue weighted by Crippen LogP contribution is -2.52. The summed E-state index contributed by atoms with van der Waals surface area (Å²) >= 11 is 0. The van der Waals surface area contributed by atoms with Gasteiger partial charge in [0.25, 0.3) is 0 Å². The number of aromatic nitrogens is 1. The van der Waals surface area contributed by atoms with Crippen LogP contribution in [0.15, 0.2) is 35.3 Å². The maximum Gasteiger partial charge on any atom is 0.240 e. The molecule has 2 heterocycles. The van der Waals surface area contributed by atoms with Crippen LogP contribution >= 0.6 is 0 Å². The van der Waals surface area contributed by atoms with Crippen LogP contribution in [0.1, 0.15) is 16.8 Å². The summed E-state index contributed by atoms with van der Waals surface area (Å²) in [4.78, 5) is 19.0. The first-order valence-corrected chi connectivity index (χ1v) is 9.48. The maximum atomic E-state index is 5.42. The summed E-state index contributed by atoms with van der Waals surface area (Å²) < 4.78 is 5.42. The SMILES string of the molecule is CONC(=Nc1cc(C)c(C)nc1OC)N1CCN(c2ccc(C)cc2)CC1. The van der Waals surface area contributed by atoms with Crippen molar-refractivity contribution in [3.8, 4) is 5.88 Å². The summed E-state index contributed by atoms with van der Waals surface area (Å²) in [5.74, 6) is 1.17. The molecule has 1 N–H and O–H groups in total. The van der Waals surface area contributed by atoms with Crippen LogP contribution in [0.4, 0.5) is 11.4 Å². The van der Waals surface area contributed by atoms with Crippen LogP contribution in [-0.4, -0.2) is 56.2 Å². The van der Waals surface area contributed by atoms with E-state index >= 15 is 0 Å². The first-order valence-electron chi connectivity index (χ1n) is 9.48. The van der Waals surface area contributed by atoms with Crippen molar-refractivity contribution in [2.24, 2.45) is 4.99 Å². The van der Waals surface area contributed by atoms with Gasteiger partial charge in [-0.05, 0) is 44.5 Å².